The number of anilines is 3. The second kappa shape index (κ2) is 6.33. The van der Waals surface area contributed by atoms with Crippen LogP contribution in [0.25, 0.3) is 0 Å². The van der Waals surface area contributed by atoms with Gasteiger partial charge in [-0.3, -0.25) is 4.31 Å². The zero-order valence-electron chi connectivity index (χ0n) is 12.9. The highest BCUT2D eigenvalue weighted by molar-refractivity contribution is 7.92. The number of carbonyl (C=O) groups excluding carboxylic acids is 1. The molecule has 0 aliphatic carbocycles. The average Bonchev–Trinajstić information content (AvgIpc) is 2.93. The van der Waals surface area contributed by atoms with Gasteiger partial charge in [-0.1, -0.05) is 11.6 Å². The molecule has 126 valence electrons. The van der Waals surface area contributed by atoms with Gasteiger partial charge >= 0.3 is 6.03 Å². The minimum absolute atomic E-state index is 0.379. The fourth-order valence-electron chi connectivity index (χ4n) is 2.62. The summed E-state index contributed by atoms with van der Waals surface area (Å²) in [5.74, 6) is 0. The molecule has 0 saturated carbocycles. The number of sulfonamides is 1. The van der Waals surface area contributed by atoms with Crippen molar-refractivity contribution in [3.05, 3.63) is 53.1 Å². The van der Waals surface area contributed by atoms with E-state index in [1.165, 1.54) is 10.6 Å². The maximum absolute atomic E-state index is 12.0. The van der Waals surface area contributed by atoms with Crippen LogP contribution in [0.3, 0.4) is 0 Å². The van der Waals surface area contributed by atoms with E-state index in [1.807, 2.05) is 0 Å². The summed E-state index contributed by atoms with van der Waals surface area (Å²) in [6.45, 7) is 0.425. The highest BCUT2D eigenvalue weighted by Gasteiger charge is 2.26. The fraction of sp³-hybridized carbons (Fsp3) is 0.188. The van der Waals surface area contributed by atoms with Gasteiger partial charge in [0, 0.05) is 22.9 Å². The van der Waals surface area contributed by atoms with Crippen LogP contribution in [0, 0.1) is 0 Å². The van der Waals surface area contributed by atoms with Crippen molar-refractivity contribution in [2.24, 2.45) is 0 Å². The van der Waals surface area contributed by atoms with Gasteiger partial charge in [-0.25, -0.2) is 13.2 Å². The lowest BCUT2D eigenvalue weighted by molar-refractivity contribution is 0.262. The molecule has 0 bridgehead atoms. The van der Waals surface area contributed by atoms with Gasteiger partial charge < -0.3 is 10.6 Å². The molecule has 0 aromatic heterocycles. The zero-order chi connectivity index (χ0) is 17.3. The highest BCUT2D eigenvalue weighted by atomic mass is 35.5. The summed E-state index contributed by atoms with van der Waals surface area (Å²) in [7, 11) is -3.27. The highest BCUT2D eigenvalue weighted by Crippen LogP contribution is 2.32. The van der Waals surface area contributed by atoms with Gasteiger partial charge in [-0.2, -0.15) is 0 Å². The van der Waals surface area contributed by atoms with Crippen molar-refractivity contribution < 1.29 is 13.2 Å². The van der Waals surface area contributed by atoms with E-state index in [0.29, 0.717) is 35.1 Å². The molecule has 0 atom stereocenters. The van der Waals surface area contributed by atoms with Crippen LogP contribution >= 0.6 is 11.6 Å². The minimum atomic E-state index is -3.27. The third kappa shape index (κ3) is 3.63. The van der Waals surface area contributed by atoms with Gasteiger partial charge in [0.1, 0.15) is 0 Å². The van der Waals surface area contributed by atoms with E-state index in [-0.39, 0.29) is 6.03 Å². The Kier molecular flexibility index (Phi) is 4.38. The van der Waals surface area contributed by atoms with Crippen LogP contribution in [0.5, 0.6) is 0 Å². The normalized spacial score (nSPS) is 13.5. The van der Waals surface area contributed by atoms with Crippen LogP contribution in [0.1, 0.15) is 5.56 Å². The number of fused-ring (bicyclic) bond motifs is 1. The van der Waals surface area contributed by atoms with Gasteiger partial charge in [0.15, 0.2) is 0 Å². The Bertz CT molecular complexity index is 882. The first-order valence-corrected chi connectivity index (χ1v) is 9.50. The standard InChI is InChI=1S/C16H16ClN3O3S/c1-24(22,23)20-9-8-11-10-14(6-7-15(11)20)19-16(21)18-13-4-2-12(17)3-5-13/h2-7,10H,8-9H2,1H3,(H2,18,19,21). The summed E-state index contributed by atoms with van der Waals surface area (Å²) in [5, 5.41) is 6.03. The molecule has 8 heteroatoms. The number of urea groups is 1. The van der Waals surface area contributed by atoms with Crippen molar-refractivity contribution in [3.63, 3.8) is 0 Å². The number of hydrogen-bond acceptors (Lipinski definition) is 3. The molecule has 2 N–H and O–H groups in total. The monoisotopic (exact) mass is 365 g/mol. The molecule has 6 nitrogen and oxygen atoms in total. The summed E-state index contributed by atoms with van der Waals surface area (Å²) in [6, 6.07) is 11.6. The number of benzene rings is 2. The molecule has 0 saturated heterocycles. The first-order valence-electron chi connectivity index (χ1n) is 7.27. The Morgan fingerprint density at radius 3 is 2.38 bits per heavy atom. The first kappa shape index (κ1) is 16.6. The number of rotatable bonds is 3. The van der Waals surface area contributed by atoms with Gasteiger partial charge in [0.2, 0.25) is 10.0 Å². The Hall–Kier alpha value is -2.25. The third-order valence-corrected chi connectivity index (χ3v) is 5.12. The van der Waals surface area contributed by atoms with Crippen LogP contribution < -0.4 is 14.9 Å². The molecule has 3 rings (SSSR count). The Morgan fingerprint density at radius 1 is 1.08 bits per heavy atom. The minimum Gasteiger partial charge on any atom is -0.308 e. The Balaban J connectivity index is 1.71. The first-order chi connectivity index (χ1) is 11.3. The molecule has 24 heavy (non-hydrogen) atoms. The Morgan fingerprint density at radius 2 is 1.71 bits per heavy atom. The molecular formula is C16H16ClN3O3S. The van der Waals surface area contributed by atoms with Crippen molar-refractivity contribution >= 4 is 44.7 Å². The van der Waals surface area contributed by atoms with Crippen molar-refractivity contribution in [2.75, 3.05) is 27.7 Å². The molecule has 2 aromatic rings. The number of nitrogens with one attached hydrogen (secondary N) is 2. The van der Waals surface area contributed by atoms with E-state index in [0.717, 1.165) is 5.56 Å². The second-order valence-corrected chi connectivity index (χ2v) is 7.86. The van der Waals surface area contributed by atoms with E-state index in [4.69, 9.17) is 11.6 Å². The quantitative estimate of drug-likeness (QED) is 0.875. The average molecular weight is 366 g/mol. The third-order valence-electron chi connectivity index (χ3n) is 3.69. The lowest BCUT2D eigenvalue weighted by Gasteiger charge is -2.16. The topological polar surface area (TPSA) is 78.5 Å². The summed E-state index contributed by atoms with van der Waals surface area (Å²) >= 11 is 5.80. The summed E-state index contributed by atoms with van der Waals surface area (Å²) in [5.41, 5.74) is 2.79. The largest absolute Gasteiger partial charge is 0.323 e. The Labute approximate surface area is 145 Å². The number of nitrogens with zero attached hydrogens (tertiary/aromatic N) is 1. The molecule has 2 amide bonds. The number of amides is 2. The molecule has 0 fully saturated rings. The lowest BCUT2D eigenvalue weighted by atomic mass is 10.1. The summed E-state index contributed by atoms with van der Waals surface area (Å²) in [6.07, 6.45) is 1.81. The molecule has 0 spiro atoms. The lowest BCUT2D eigenvalue weighted by Crippen LogP contribution is -2.27. The zero-order valence-corrected chi connectivity index (χ0v) is 14.5. The van der Waals surface area contributed by atoms with Crippen LogP contribution in [0.2, 0.25) is 5.02 Å². The van der Waals surface area contributed by atoms with Gasteiger partial charge in [-0.15, -0.1) is 0 Å². The van der Waals surface area contributed by atoms with E-state index in [2.05, 4.69) is 10.6 Å². The molecule has 2 aromatic carbocycles. The predicted octanol–water partition coefficient (Wildman–Crippen LogP) is 3.31. The van der Waals surface area contributed by atoms with Crippen LogP contribution in [0.15, 0.2) is 42.5 Å². The van der Waals surface area contributed by atoms with Gasteiger partial charge in [0.05, 0.1) is 11.9 Å². The molecular weight excluding hydrogens is 350 g/mol. The molecule has 0 radical (unpaired) electrons. The molecule has 1 aliphatic heterocycles. The maximum atomic E-state index is 12.0. The van der Waals surface area contributed by atoms with Gasteiger partial charge in [0.25, 0.3) is 0 Å². The van der Waals surface area contributed by atoms with Gasteiger partial charge in [-0.05, 0) is 54.4 Å². The van der Waals surface area contributed by atoms with Crippen LogP contribution in [-0.2, 0) is 16.4 Å². The van der Waals surface area contributed by atoms with E-state index in [1.54, 1.807) is 42.5 Å². The molecule has 0 unspecified atom stereocenters. The van der Waals surface area contributed by atoms with E-state index >= 15 is 0 Å². The number of hydrogen-bond donors (Lipinski definition) is 2. The van der Waals surface area contributed by atoms with Crippen molar-refractivity contribution in [1.82, 2.24) is 0 Å². The SMILES string of the molecule is CS(=O)(=O)N1CCc2cc(NC(=O)Nc3ccc(Cl)cc3)ccc21. The summed E-state index contributed by atoms with van der Waals surface area (Å²) < 4.78 is 24.8. The second-order valence-electron chi connectivity index (χ2n) is 5.51. The summed E-state index contributed by atoms with van der Waals surface area (Å²) in [4.78, 5) is 12.0. The number of carbonyl (C=O) groups is 1. The van der Waals surface area contributed by atoms with Crippen molar-refractivity contribution in [3.8, 4) is 0 Å². The smallest absolute Gasteiger partial charge is 0.308 e. The predicted molar refractivity (Wildman–Crippen MR) is 96.4 cm³/mol. The van der Waals surface area contributed by atoms with E-state index in [9.17, 15) is 13.2 Å². The van der Waals surface area contributed by atoms with Crippen LogP contribution in [0.4, 0.5) is 21.9 Å². The molecule has 1 heterocycles. The van der Waals surface area contributed by atoms with Crippen molar-refractivity contribution in [1.29, 1.82) is 0 Å². The van der Waals surface area contributed by atoms with Crippen molar-refractivity contribution in [2.45, 2.75) is 6.42 Å². The van der Waals surface area contributed by atoms with E-state index < -0.39 is 10.0 Å². The molecule has 1 aliphatic rings. The van der Waals surface area contributed by atoms with Crippen LogP contribution in [-0.4, -0.2) is 27.2 Å². The number of halogens is 1. The maximum Gasteiger partial charge on any atom is 0.323 e. The fourth-order valence-corrected chi connectivity index (χ4v) is 3.70.